The lowest BCUT2D eigenvalue weighted by atomic mass is 9.76. The molecule has 0 bridgehead atoms. The van der Waals surface area contributed by atoms with Gasteiger partial charge in [0.1, 0.15) is 11.9 Å². The molecule has 0 spiro atoms. The SMILES string of the molecule is CCCCCCOc1ccc(-c2ccc(C3CCC(CCCCC)CC3)c(F)c2)nc1C#N. The standard InChI is InChI=1S/C29H39FN2O/c1-3-5-7-9-19-33-29-18-17-27(32-28(29)21-31)24-15-16-25(26(30)20-24)23-13-11-22(12-14-23)10-8-6-4-2/h15-18,20,22-23H,3-14,19H2,1-2H3. The molecule has 1 aliphatic carbocycles. The summed E-state index contributed by atoms with van der Waals surface area (Å²) in [5, 5.41) is 9.52. The largest absolute Gasteiger partial charge is 0.491 e. The van der Waals surface area contributed by atoms with Crippen LogP contribution in [-0.2, 0) is 0 Å². The number of ether oxygens (including phenoxy) is 1. The summed E-state index contributed by atoms with van der Waals surface area (Å²) in [5.74, 6) is 1.48. The Balaban J connectivity index is 1.62. The van der Waals surface area contributed by atoms with E-state index in [0.717, 1.165) is 37.2 Å². The Bertz CT molecular complexity index is 912. The first-order chi connectivity index (χ1) is 16.2. The first-order valence-corrected chi connectivity index (χ1v) is 13.0. The van der Waals surface area contributed by atoms with Crippen LogP contribution in [0.5, 0.6) is 5.75 Å². The predicted molar refractivity (Wildman–Crippen MR) is 133 cm³/mol. The van der Waals surface area contributed by atoms with E-state index in [1.807, 2.05) is 18.2 Å². The van der Waals surface area contributed by atoms with E-state index in [2.05, 4.69) is 24.9 Å². The van der Waals surface area contributed by atoms with E-state index >= 15 is 4.39 Å². The third-order valence-corrected chi connectivity index (χ3v) is 7.02. The van der Waals surface area contributed by atoms with Crippen LogP contribution in [0.25, 0.3) is 11.3 Å². The van der Waals surface area contributed by atoms with Gasteiger partial charge in [-0.05, 0) is 67.7 Å². The maximum Gasteiger partial charge on any atom is 0.183 e. The van der Waals surface area contributed by atoms with E-state index in [1.54, 1.807) is 12.1 Å². The maximum absolute atomic E-state index is 15.1. The van der Waals surface area contributed by atoms with Crippen molar-refractivity contribution in [2.24, 2.45) is 5.92 Å². The molecule has 3 rings (SSSR count). The normalized spacial score (nSPS) is 18.1. The first kappa shape index (κ1) is 25.2. The highest BCUT2D eigenvalue weighted by atomic mass is 19.1. The van der Waals surface area contributed by atoms with Gasteiger partial charge < -0.3 is 4.74 Å². The van der Waals surface area contributed by atoms with E-state index in [4.69, 9.17) is 4.74 Å². The lowest BCUT2D eigenvalue weighted by Crippen LogP contribution is -2.14. The van der Waals surface area contributed by atoms with Crippen molar-refractivity contribution in [2.75, 3.05) is 6.61 Å². The minimum Gasteiger partial charge on any atom is -0.491 e. The molecule has 3 nitrogen and oxygen atoms in total. The van der Waals surface area contributed by atoms with Gasteiger partial charge in [0, 0.05) is 5.56 Å². The van der Waals surface area contributed by atoms with Crippen molar-refractivity contribution in [1.29, 1.82) is 5.26 Å². The number of pyridine rings is 1. The maximum atomic E-state index is 15.1. The Hall–Kier alpha value is -2.41. The Kier molecular flexibility index (Phi) is 10.2. The molecule has 0 N–H and O–H groups in total. The Morgan fingerprint density at radius 3 is 2.42 bits per heavy atom. The zero-order valence-corrected chi connectivity index (χ0v) is 20.4. The van der Waals surface area contributed by atoms with Crippen molar-refractivity contribution in [2.45, 2.75) is 96.8 Å². The van der Waals surface area contributed by atoms with Crippen LogP contribution >= 0.6 is 0 Å². The lowest BCUT2D eigenvalue weighted by molar-refractivity contribution is 0.299. The van der Waals surface area contributed by atoms with Gasteiger partial charge in [-0.15, -0.1) is 0 Å². The quantitative estimate of drug-likeness (QED) is 0.304. The average Bonchev–Trinajstić information content (AvgIpc) is 2.84. The van der Waals surface area contributed by atoms with Crippen LogP contribution in [0.3, 0.4) is 0 Å². The van der Waals surface area contributed by atoms with Crippen LogP contribution in [0.4, 0.5) is 4.39 Å². The number of halogens is 1. The van der Waals surface area contributed by atoms with Gasteiger partial charge in [0.05, 0.1) is 12.3 Å². The highest BCUT2D eigenvalue weighted by molar-refractivity contribution is 5.62. The summed E-state index contributed by atoms with van der Waals surface area (Å²) in [6.07, 6.45) is 14.3. The molecule has 33 heavy (non-hydrogen) atoms. The molecule has 0 amide bonds. The topological polar surface area (TPSA) is 45.9 Å². The number of hydrogen-bond donors (Lipinski definition) is 0. The van der Waals surface area contributed by atoms with E-state index < -0.39 is 0 Å². The van der Waals surface area contributed by atoms with Gasteiger partial charge in [0.25, 0.3) is 0 Å². The summed E-state index contributed by atoms with van der Waals surface area (Å²) in [6, 6.07) is 11.2. The van der Waals surface area contributed by atoms with Crippen LogP contribution < -0.4 is 4.74 Å². The van der Waals surface area contributed by atoms with Gasteiger partial charge in [-0.2, -0.15) is 5.26 Å². The molecule has 0 atom stereocenters. The summed E-state index contributed by atoms with van der Waals surface area (Å²) >= 11 is 0. The van der Waals surface area contributed by atoms with Crippen molar-refractivity contribution in [3.8, 4) is 23.1 Å². The molecule has 1 aromatic carbocycles. The van der Waals surface area contributed by atoms with Gasteiger partial charge in [0.2, 0.25) is 0 Å². The molecule has 1 saturated carbocycles. The number of unbranched alkanes of at least 4 members (excludes halogenated alkanes) is 5. The summed E-state index contributed by atoms with van der Waals surface area (Å²) in [5.41, 5.74) is 2.40. The van der Waals surface area contributed by atoms with Crippen LogP contribution in [-0.4, -0.2) is 11.6 Å². The number of nitriles is 1. The third kappa shape index (κ3) is 7.29. The summed E-state index contributed by atoms with van der Waals surface area (Å²) in [6.45, 7) is 5.00. The molecule has 0 radical (unpaired) electrons. The second-order valence-corrected chi connectivity index (χ2v) is 9.51. The van der Waals surface area contributed by atoms with Crippen LogP contribution in [0.2, 0.25) is 0 Å². The Labute approximate surface area is 199 Å². The monoisotopic (exact) mass is 450 g/mol. The molecule has 178 valence electrons. The van der Waals surface area contributed by atoms with Gasteiger partial charge in [-0.3, -0.25) is 0 Å². The Morgan fingerprint density at radius 1 is 0.970 bits per heavy atom. The fraction of sp³-hybridized carbons (Fsp3) is 0.586. The summed E-state index contributed by atoms with van der Waals surface area (Å²) < 4.78 is 20.8. The van der Waals surface area contributed by atoms with Gasteiger partial charge >= 0.3 is 0 Å². The highest BCUT2D eigenvalue weighted by Crippen LogP contribution is 2.39. The van der Waals surface area contributed by atoms with E-state index in [9.17, 15) is 5.26 Å². The molecule has 1 aliphatic rings. The van der Waals surface area contributed by atoms with Crippen molar-refractivity contribution in [3.63, 3.8) is 0 Å². The van der Waals surface area contributed by atoms with Crippen LogP contribution in [0, 0.1) is 23.1 Å². The minimum absolute atomic E-state index is 0.154. The molecular formula is C29H39FN2O. The van der Waals surface area contributed by atoms with E-state index in [-0.39, 0.29) is 11.5 Å². The van der Waals surface area contributed by atoms with Crippen molar-refractivity contribution in [3.05, 3.63) is 47.4 Å². The second-order valence-electron chi connectivity index (χ2n) is 9.51. The zero-order chi connectivity index (χ0) is 23.5. The third-order valence-electron chi connectivity index (χ3n) is 7.02. The van der Waals surface area contributed by atoms with E-state index in [0.29, 0.717) is 29.5 Å². The molecule has 0 saturated heterocycles. The highest BCUT2D eigenvalue weighted by Gasteiger charge is 2.24. The average molecular weight is 451 g/mol. The van der Waals surface area contributed by atoms with Crippen molar-refractivity contribution in [1.82, 2.24) is 4.98 Å². The summed E-state index contributed by atoms with van der Waals surface area (Å²) in [4.78, 5) is 4.45. The minimum atomic E-state index is -0.154. The molecular weight excluding hydrogens is 411 g/mol. The Morgan fingerprint density at radius 2 is 1.73 bits per heavy atom. The smallest absolute Gasteiger partial charge is 0.183 e. The van der Waals surface area contributed by atoms with Gasteiger partial charge in [-0.25, -0.2) is 9.37 Å². The fourth-order valence-corrected chi connectivity index (χ4v) is 4.98. The molecule has 1 heterocycles. The van der Waals surface area contributed by atoms with Crippen molar-refractivity contribution >= 4 is 0 Å². The number of benzene rings is 1. The van der Waals surface area contributed by atoms with E-state index in [1.165, 1.54) is 51.4 Å². The summed E-state index contributed by atoms with van der Waals surface area (Å²) in [7, 11) is 0. The fourth-order valence-electron chi connectivity index (χ4n) is 4.98. The predicted octanol–water partition coefficient (Wildman–Crippen LogP) is 8.57. The molecule has 0 aliphatic heterocycles. The van der Waals surface area contributed by atoms with Crippen LogP contribution in [0.15, 0.2) is 30.3 Å². The van der Waals surface area contributed by atoms with Gasteiger partial charge in [0.15, 0.2) is 11.4 Å². The first-order valence-electron chi connectivity index (χ1n) is 13.0. The number of hydrogen-bond acceptors (Lipinski definition) is 3. The number of aromatic nitrogens is 1. The number of rotatable bonds is 12. The number of nitrogens with zero attached hydrogens (tertiary/aromatic N) is 2. The molecule has 0 unspecified atom stereocenters. The molecule has 4 heteroatoms. The second kappa shape index (κ2) is 13.3. The lowest BCUT2D eigenvalue weighted by Gasteiger charge is -2.29. The van der Waals surface area contributed by atoms with Gasteiger partial charge in [-0.1, -0.05) is 70.9 Å². The zero-order valence-electron chi connectivity index (χ0n) is 20.4. The molecule has 1 aromatic heterocycles. The molecule has 1 fully saturated rings. The molecule has 2 aromatic rings. The van der Waals surface area contributed by atoms with Crippen molar-refractivity contribution < 1.29 is 9.13 Å². The van der Waals surface area contributed by atoms with Crippen LogP contribution in [0.1, 0.15) is 108 Å².